The lowest BCUT2D eigenvalue weighted by atomic mass is 10.0. The summed E-state index contributed by atoms with van der Waals surface area (Å²) in [6.45, 7) is 0.514. The summed E-state index contributed by atoms with van der Waals surface area (Å²) in [5.74, 6) is -0.148. The van der Waals surface area contributed by atoms with E-state index in [1.807, 2.05) is 11.9 Å². The number of nitrogen functional groups attached to an aromatic ring is 1. The molecule has 0 heterocycles. The second kappa shape index (κ2) is 5.71. The van der Waals surface area contributed by atoms with Gasteiger partial charge in [-0.3, -0.25) is 4.79 Å². The molecule has 1 aromatic carbocycles. The third kappa shape index (κ3) is 3.04. The van der Waals surface area contributed by atoms with Gasteiger partial charge in [-0.25, -0.2) is 0 Å². The van der Waals surface area contributed by atoms with Gasteiger partial charge in [-0.1, -0.05) is 12.8 Å². The first-order chi connectivity index (χ1) is 9.45. The predicted molar refractivity (Wildman–Crippen MR) is 80.9 cm³/mol. The van der Waals surface area contributed by atoms with E-state index in [1.54, 1.807) is 25.2 Å². The van der Waals surface area contributed by atoms with Crippen LogP contribution < -0.4 is 16.0 Å². The van der Waals surface area contributed by atoms with Crippen molar-refractivity contribution in [2.24, 2.45) is 0 Å². The van der Waals surface area contributed by atoms with Crippen LogP contribution in [0.25, 0.3) is 0 Å². The van der Waals surface area contributed by atoms with E-state index in [9.17, 15) is 9.90 Å². The molecular weight excluding hydrogens is 254 g/mol. The van der Waals surface area contributed by atoms with Gasteiger partial charge < -0.3 is 21.1 Å². The Balaban J connectivity index is 2.25. The number of amides is 1. The summed E-state index contributed by atoms with van der Waals surface area (Å²) in [6.07, 6.45) is 3.75. The van der Waals surface area contributed by atoms with Crippen LogP contribution in [0.1, 0.15) is 36.0 Å². The summed E-state index contributed by atoms with van der Waals surface area (Å²) >= 11 is 0. The van der Waals surface area contributed by atoms with Crippen molar-refractivity contribution in [3.63, 3.8) is 0 Å². The highest BCUT2D eigenvalue weighted by atomic mass is 16.3. The van der Waals surface area contributed by atoms with Crippen molar-refractivity contribution in [1.82, 2.24) is 5.32 Å². The van der Waals surface area contributed by atoms with Gasteiger partial charge in [-0.05, 0) is 31.0 Å². The molecule has 20 heavy (non-hydrogen) atoms. The Morgan fingerprint density at radius 3 is 2.70 bits per heavy atom. The molecular formula is C15H23N3O2. The fourth-order valence-electron chi connectivity index (χ4n) is 2.91. The lowest BCUT2D eigenvalue weighted by molar-refractivity contribution is 0.0558. The van der Waals surface area contributed by atoms with E-state index in [1.165, 1.54) is 0 Å². The highest BCUT2D eigenvalue weighted by Crippen LogP contribution is 2.32. The van der Waals surface area contributed by atoms with Crippen molar-refractivity contribution < 1.29 is 9.90 Å². The SMILES string of the molecule is CNC(=O)c1ccc(N)cc1N(C)CC1(O)CCCC1. The van der Waals surface area contributed by atoms with Gasteiger partial charge in [-0.15, -0.1) is 0 Å². The van der Waals surface area contributed by atoms with Crippen molar-refractivity contribution in [1.29, 1.82) is 0 Å². The van der Waals surface area contributed by atoms with E-state index in [-0.39, 0.29) is 5.91 Å². The molecule has 1 aromatic rings. The summed E-state index contributed by atoms with van der Waals surface area (Å²) in [5, 5.41) is 13.1. The molecule has 5 heteroatoms. The van der Waals surface area contributed by atoms with Crippen molar-refractivity contribution in [3.8, 4) is 0 Å². The number of anilines is 2. The molecule has 0 unspecified atom stereocenters. The first-order valence-electron chi connectivity index (χ1n) is 7.00. The van der Waals surface area contributed by atoms with Crippen LogP contribution in [0.4, 0.5) is 11.4 Å². The number of aliphatic hydroxyl groups is 1. The molecule has 0 atom stereocenters. The lowest BCUT2D eigenvalue weighted by Gasteiger charge is -2.31. The van der Waals surface area contributed by atoms with E-state index < -0.39 is 5.60 Å². The number of nitrogens with zero attached hydrogens (tertiary/aromatic N) is 1. The maximum absolute atomic E-state index is 11.9. The Morgan fingerprint density at radius 1 is 1.45 bits per heavy atom. The Kier molecular flexibility index (Phi) is 4.18. The molecule has 0 aromatic heterocycles. The standard InChI is InChI=1S/C15H23N3O2/c1-17-14(19)12-6-5-11(16)9-13(12)18(2)10-15(20)7-3-4-8-15/h5-6,9,20H,3-4,7-8,10,16H2,1-2H3,(H,17,19). The highest BCUT2D eigenvalue weighted by Gasteiger charge is 2.33. The molecule has 1 aliphatic carbocycles. The molecule has 4 N–H and O–H groups in total. The number of carbonyl (C=O) groups is 1. The molecule has 0 bridgehead atoms. The number of hydrogen-bond acceptors (Lipinski definition) is 4. The van der Waals surface area contributed by atoms with Crippen LogP contribution in [-0.4, -0.2) is 37.3 Å². The molecule has 110 valence electrons. The number of benzene rings is 1. The topological polar surface area (TPSA) is 78.6 Å². The summed E-state index contributed by atoms with van der Waals surface area (Å²) < 4.78 is 0. The zero-order valence-corrected chi connectivity index (χ0v) is 12.1. The quantitative estimate of drug-likeness (QED) is 0.726. The van der Waals surface area contributed by atoms with Gasteiger partial charge >= 0.3 is 0 Å². The molecule has 1 amide bonds. The number of nitrogens with one attached hydrogen (secondary N) is 1. The van der Waals surface area contributed by atoms with Crippen LogP contribution in [0.2, 0.25) is 0 Å². The Hall–Kier alpha value is -1.75. The van der Waals surface area contributed by atoms with E-state index in [4.69, 9.17) is 5.73 Å². The van der Waals surface area contributed by atoms with Crippen molar-refractivity contribution >= 4 is 17.3 Å². The van der Waals surface area contributed by atoms with E-state index in [0.29, 0.717) is 17.8 Å². The summed E-state index contributed by atoms with van der Waals surface area (Å²) in [6, 6.07) is 5.22. The van der Waals surface area contributed by atoms with E-state index >= 15 is 0 Å². The Labute approximate surface area is 119 Å². The second-order valence-corrected chi connectivity index (χ2v) is 5.64. The average Bonchev–Trinajstić information content (AvgIpc) is 2.84. The van der Waals surface area contributed by atoms with Gasteiger partial charge in [0.1, 0.15) is 0 Å². The number of rotatable bonds is 4. The van der Waals surface area contributed by atoms with Gasteiger partial charge in [0.05, 0.1) is 16.9 Å². The minimum Gasteiger partial charge on any atom is -0.399 e. The largest absolute Gasteiger partial charge is 0.399 e. The van der Waals surface area contributed by atoms with E-state index in [2.05, 4.69) is 5.32 Å². The zero-order valence-electron chi connectivity index (χ0n) is 12.1. The van der Waals surface area contributed by atoms with Gasteiger partial charge in [-0.2, -0.15) is 0 Å². The normalized spacial score (nSPS) is 16.9. The summed E-state index contributed by atoms with van der Waals surface area (Å²) in [4.78, 5) is 13.8. The number of hydrogen-bond donors (Lipinski definition) is 3. The monoisotopic (exact) mass is 277 g/mol. The lowest BCUT2D eigenvalue weighted by Crippen LogP contribution is -2.40. The smallest absolute Gasteiger partial charge is 0.253 e. The predicted octanol–water partition coefficient (Wildman–Crippen LogP) is 1.37. The third-order valence-electron chi connectivity index (χ3n) is 3.97. The molecule has 1 fully saturated rings. The van der Waals surface area contributed by atoms with Crippen molar-refractivity contribution in [2.75, 3.05) is 31.3 Å². The Bertz CT molecular complexity index is 496. The third-order valence-corrected chi connectivity index (χ3v) is 3.97. The first-order valence-corrected chi connectivity index (χ1v) is 7.00. The van der Waals surface area contributed by atoms with Crippen molar-refractivity contribution in [2.45, 2.75) is 31.3 Å². The number of likely N-dealkylation sites (N-methyl/N-ethyl adjacent to an activating group) is 1. The fourth-order valence-corrected chi connectivity index (χ4v) is 2.91. The molecule has 0 aliphatic heterocycles. The summed E-state index contributed by atoms with van der Waals surface area (Å²) in [5.41, 5.74) is 7.11. The van der Waals surface area contributed by atoms with Crippen LogP contribution in [0.5, 0.6) is 0 Å². The molecule has 0 spiro atoms. The highest BCUT2D eigenvalue weighted by molar-refractivity contribution is 6.00. The van der Waals surface area contributed by atoms with Crippen LogP contribution in [0.3, 0.4) is 0 Å². The molecule has 1 aliphatic rings. The molecule has 5 nitrogen and oxygen atoms in total. The van der Waals surface area contributed by atoms with Crippen molar-refractivity contribution in [3.05, 3.63) is 23.8 Å². The minimum absolute atomic E-state index is 0.148. The molecule has 0 saturated heterocycles. The number of carbonyl (C=O) groups excluding carboxylic acids is 1. The molecule has 2 rings (SSSR count). The van der Waals surface area contributed by atoms with Gasteiger partial charge in [0.2, 0.25) is 0 Å². The maximum atomic E-state index is 11.9. The zero-order chi connectivity index (χ0) is 14.8. The minimum atomic E-state index is -0.653. The average molecular weight is 277 g/mol. The van der Waals surface area contributed by atoms with Crippen LogP contribution >= 0.6 is 0 Å². The Morgan fingerprint density at radius 2 is 2.10 bits per heavy atom. The van der Waals surface area contributed by atoms with E-state index in [0.717, 1.165) is 31.4 Å². The van der Waals surface area contributed by atoms with Gasteiger partial charge in [0.15, 0.2) is 0 Å². The molecule has 1 saturated carbocycles. The van der Waals surface area contributed by atoms with Gasteiger partial charge in [0.25, 0.3) is 5.91 Å². The molecule has 0 radical (unpaired) electrons. The fraction of sp³-hybridized carbons (Fsp3) is 0.533. The van der Waals surface area contributed by atoms with Gasteiger partial charge in [0, 0.05) is 26.3 Å². The van der Waals surface area contributed by atoms with Crippen LogP contribution in [0, 0.1) is 0 Å². The maximum Gasteiger partial charge on any atom is 0.253 e. The van der Waals surface area contributed by atoms with Crippen LogP contribution in [0.15, 0.2) is 18.2 Å². The first kappa shape index (κ1) is 14.7. The number of nitrogens with two attached hydrogens (primary N) is 1. The second-order valence-electron chi connectivity index (χ2n) is 5.64. The summed E-state index contributed by atoms with van der Waals surface area (Å²) in [7, 11) is 3.49. The van der Waals surface area contributed by atoms with Crippen LogP contribution in [-0.2, 0) is 0 Å².